The number of rotatable bonds is 3. The molecule has 2 heterocycles. The highest BCUT2D eigenvalue weighted by atomic mass is 16.5. The van der Waals surface area contributed by atoms with Crippen molar-refractivity contribution < 1.29 is 24.2 Å². The van der Waals surface area contributed by atoms with Crippen LogP contribution < -0.4 is 4.90 Å². The number of carboxylic acids is 1. The van der Waals surface area contributed by atoms with Crippen LogP contribution in [0.2, 0.25) is 0 Å². The van der Waals surface area contributed by atoms with Crippen molar-refractivity contribution in [2.75, 3.05) is 31.1 Å². The zero-order valence-electron chi connectivity index (χ0n) is 13.5. The Bertz CT molecular complexity index is 657. The van der Waals surface area contributed by atoms with E-state index in [2.05, 4.69) is 0 Å². The zero-order valence-corrected chi connectivity index (χ0v) is 13.5. The van der Waals surface area contributed by atoms with Crippen molar-refractivity contribution in [2.45, 2.75) is 19.4 Å². The third-order valence-corrected chi connectivity index (χ3v) is 4.47. The molecule has 1 aromatic rings. The molecular formula is C17H20N2O5. The molecule has 3 rings (SSSR count). The molecule has 7 heteroatoms. The lowest BCUT2D eigenvalue weighted by molar-refractivity contribution is -0.160. The van der Waals surface area contributed by atoms with Gasteiger partial charge in [-0.15, -0.1) is 0 Å². The van der Waals surface area contributed by atoms with Gasteiger partial charge in [0.1, 0.15) is 0 Å². The summed E-state index contributed by atoms with van der Waals surface area (Å²) in [5.41, 5.74) is 1.89. The molecule has 1 aromatic carbocycles. The van der Waals surface area contributed by atoms with Crippen LogP contribution in [0.15, 0.2) is 24.3 Å². The number of hydrogen-bond acceptors (Lipinski definition) is 4. The third kappa shape index (κ3) is 3.26. The first kappa shape index (κ1) is 16.4. The summed E-state index contributed by atoms with van der Waals surface area (Å²) in [7, 11) is 0. The minimum Gasteiger partial charge on any atom is -0.479 e. The Labute approximate surface area is 139 Å². The molecule has 0 aliphatic carbocycles. The van der Waals surface area contributed by atoms with Crippen LogP contribution in [0.1, 0.15) is 12.0 Å². The van der Waals surface area contributed by atoms with E-state index in [1.54, 1.807) is 4.90 Å². The molecule has 0 saturated carbocycles. The average Bonchev–Trinajstić information content (AvgIpc) is 2.97. The molecule has 0 aromatic heterocycles. The number of morpholine rings is 1. The van der Waals surface area contributed by atoms with Crippen molar-refractivity contribution in [3.63, 3.8) is 0 Å². The van der Waals surface area contributed by atoms with Gasteiger partial charge in [0.25, 0.3) is 0 Å². The van der Waals surface area contributed by atoms with Gasteiger partial charge in [0.15, 0.2) is 6.10 Å². The fourth-order valence-electron chi connectivity index (χ4n) is 3.10. The maximum absolute atomic E-state index is 12.6. The van der Waals surface area contributed by atoms with E-state index in [1.807, 2.05) is 31.2 Å². The van der Waals surface area contributed by atoms with Crippen molar-refractivity contribution in [2.24, 2.45) is 5.92 Å². The van der Waals surface area contributed by atoms with Gasteiger partial charge in [-0.1, -0.05) is 17.7 Å². The van der Waals surface area contributed by atoms with E-state index >= 15 is 0 Å². The fraction of sp³-hybridized carbons (Fsp3) is 0.471. The number of amides is 2. The Kier molecular flexibility index (Phi) is 4.53. The number of anilines is 1. The van der Waals surface area contributed by atoms with Gasteiger partial charge in [0, 0.05) is 25.2 Å². The van der Waals surface area contributed by atoms with E-state index in [0.717, 1.165) is 11.3 Å². The maximum Gasteiger partial charge on any atom is 0.334 e. The lowest BCUT2D eigenvalue weighted by Gasteiger charge is -2.32. The van der Waals surface area contributed by atoms with Crippen molar-refractivity contribution in [3.8, 4) is 0 Å². The quantitative estimate of drug-likeness (QED) is 0.879. The van der Waals surface area contributed by atoms with Crippen molar-refractivity contribution >= 4 is 23.5 Å². The second-order valence-electron chi connectivity index (χ2n) is 6.22. The third-order valence-electron chi connectivity index (χ3n) is 4.47. The lowest BCUT2D eigenvalue weighted by atomic mass is 10.1. The normalized spacial score (nSPS) is 24.3. The highest BCUT2D eigenvalue weighted by molar-refractivity contribution is 6.00. The summed E-state index contributed by atoms with van der Waals surface area (Å²) >= 11 is 0. The van der Waals surface area contributed by atoms with Crippen molar-refractivity contribution in [3.05, 3.63) is 29.8 Å². The largest absolute Gasteiger partial charge is 0.479 e. The zero-order chi connectivity index (χ0) is 17.3. The van der Waals surface area contributed by atoms with E-state index < -0.39 is 18.0 Å². The highest BCUT2D eigenvalue weighted by Gasteiger charge is 2.39. The number of carboxylic acid groups (broad SMARTS) is 1. The Morgan fingerprint density at radius 3 is 2.58 bits per heavy atom. The minimum atomic E-state index is -1.07. The molecule has 7 nitrogen and oxygen atoms in total. The van der Waals surface area contributed by atoms with Crippen molar-refractivity contribution in [1.29, 1.82) is 0 Å². The van der Waals surface area contributed by atoms with Crippen LogP contribution in [-0.4, -0.2) is 60.1 Å². The summed E-state index contributed by atoms with van der Waals surface area (Å²) in [6.07, 6.45) is -0.838. The molecule has 2 fully saturated rings. The number of carbonyl (C=O) groups excluding carboxylic acids is 2. The molecule has 0 bridgehead atoms. The van der Waals surface area contributed by atoms with Gasteiger partial charge in [-0.2, -0.15) is 0 Å². The molecule has 2 atom stereocenters. The van der Waals surface area contributed by atoms with Crippen LogP contribution >= 0.6 is 0 Å². The molecule has 24 heavy (non-hydrogen) atoms. The molecule has 128 valence electrons. The lowest BCUT2D eigenvalue weighted by Crippen LogP contribution is -2.50. The molecule has 2 aliphatic rings. The van der Waals surface area contributed by atoms with Gasteiger partial charge in [-0.05, 0) is 19.1 Å². The monoisotopic (exact) mass is 332 g/mol. The van der Waals surface area contributed by atoms with Gasteiger partial charge >= 0.3 is 5.97 Å². The molecule has 0 unspecified atom stereocenters. The van der Waals surface area contributed by atoms with Crippen LogP contribution in [-0.2, 0) is 19.1 Å². The van der Waals surface area contributed by atoms with Crippen LogP contribution in [0.25, 0.3) is 0 Å². The summed E-state index contributed by atoms with van der Waals surface area (Å²) in [4.78, 5) is 39.1. The fourth-order valence-corrected chi connectivity index (χ4v) is 3.10. The van der Waals surface area contributed by atoms with Crippen LogP contribution in [0.3, 0.4) is 0 Å². The number of benzene rings is 1. The van der Waals surface area contributed by atoms with E-state index in [-0.39, 0.29) is 31.4 Å². The minimum absolute atomic E-state index is 0.0311. The first-order chi connectivity index (χ1) is 11.5. The van der Waals surface area contributed by atoms with E-state index in [9.17, 15) is 14.4 Å². The summed E-state index contributed by atoms with van der Waals surface area (Å²) in [6.45, 7) is 2.89. The summed E-state index contributed by atoms with van der Waals surface area (Å²) in [5, 5.41) is 9.03. The first-order valence-corrected chi connectivity index (χ1v) is 7.96. The molecule has 2 saturated heterocycles. The number of aryl methyl sites for hydroxylation is 1. The second kappa shape index (κ2) is 6.60. The number of hydrogen-bond donors (Lipinski definition) is 1. The standard InChI is InChI=1S/C17H20N2O5/c1-11-2-4-13(5-3-11)19-9-12(8-15(19)20)16(21)18-6-7-24-14(10-18)17(22)23/h2-5,12,14H,6-10H2,1H3,(H,22,23)/t12-,14-/m0/s1. The number of carbonyl (C=O) groups is 3. The average molecular weight is 332 g/mol. The number of aliphatic carboxylic acids is 1. The first-order valence-electron chi connectivity index (χ1n) is 7.96. The molecule has 0 radical (unpaired) electrons. The summed E-state index contributed by atoms with van der Waals surface area (Å²) in [5.74, 6) is -1.77. The number of ether oxygens (including phenoxy) is 1. The van der Waals surface area contributed by atoms with E-state index in [4.69, 9.17) is 9.84 Å². The van der Waals surface area contributed by atoms with Gasteiger partial charge in [-0.3, -0.25) is 9.59 Å². The SMILES string of the molecule is Cc1ccc(N2C[C@@H](C(=O)N3CCO[C@H](C(=O)O)C3)CC2=O)cc1. The van der Waals surface area contributed by atoms with E-state index in [1.165, 1.54) is 4.90 Å². The van der Waals surface area contributed by atoms with Crippen LogP contribution in [0.4, 0.5) is 5.69 Å². The maximum atomic E-state index is 12.6. The highest BCUT2D eigenvalue weighted by Crippen LogP contribution is 2.27. The van der Waals surface area contributed by atoms with Gasteiger partial charge < -0.3 is 19.6 Å². The van der Waals surface area contributed by atoms with Crippen LogP contribution in [0, 0.1) is 12.8 Å². The molecular weight excluding hydrogens is 312 g/mol. The van der Waals surface area contributed by atoms with E-state index in [0.29, 0.717) is 13.1 Å². The molecule has 0 spiro atoms. The molecule has 1 N–H and O–H groups in total. The predicted octanol–water partition coefficient (Wildman–Crippen LogP) is 0.660. The topological polar surface area (TPSA) is 87.2 Å². The van der Waals surface area contributed by atoms with Crippen molar-refractivity contribution in [1.82, 2.24) is 4.90 Å². The van der Waals surface area contributed by atoms with Gasteiger partial charge in [0.05, 0.1) is 19.1 Å². The molecule has 2 amide bonds. The Hall–Kier alpha value is -2.41. The van der Waals surface area contributed by atoms with Gasteiger partial charge in [0.2, 0.25) is 11.8 Å². The Balaban J connectivity index is 1.67. The summed E-state index contributed by atoms with van der Waals surface area (Å²) < 4.78 is 5.13. The second-order valence-corrected chi connectivity index (χ2v) is 6.22. The smallest absolute Gasteiger partial charge is 0.334 e. The van der Waals surface area contributed by atoms with Gasteiger partial charge in [-0.25, -0.2) is 4.79 Å². The number of nitrogens with zero attached hydrogens (tertiary/aromatic N) is 2. The predicted molar refractivity (Wildman–Crippen MR) is 85.6 cm³/mol. The summed E-state index contributed by atoms with van der Waals surface area (Å²) in [6, 6.07) is 7.60. The van der Waals surface area contributed by atoms with Crippen LogP contribution in [0.5, 0.6) is 0 Å². The Morgan fingerprint density at radius 1 is 1.21 bits per heavy atom. The Morgan fingerprint density at radius 2 is 1.92 bits per heavy atom. The molecule has 2 aliphatic heterocycles.